The summed E-state index contributed by atoms with van der Waals surface area (Å²) in [6, 6.07) is 0.864. The van der Waals surface area contributed by atoms with Crippen molar-refractivity contribution in [2.24, 2.45) is 23.2 Å². The van der Waals surface area contributed by atoms with Gasteiger partial charge in [-0.1, -0.05) is 0 Å². The van der Waals surface area contributed by atoms with Crippen LogP contribution in [0.15, 0.2) is 10.7 Å². The third-order valence-corrected chi connectivity index (χ3v) is 6.58. The highest BCUT2D eigenvalue weighted by Gasteiger charge is 2.53. The van der Waals surface area contributed by atoms with Crippen LogP contribution in [0.25, 0.3) is 0 Å². The Balaban J connectivity index is 1.48. The molecule has 0 saturated heterocycles. The first-order chi connectivity index (χ1) is 10.0. The minimum absolute atomic E-state index is 0.283. The number of nitrogens with zero attached hydrogens (tertiary/aromatic N) is 1. The molecule has 4 aliphatic carbocycles. The average molecular weight is 288 g/mol. The van der Waals surface area contributed by atoms with Gasteiger partial charge in [-0.3, -0.25) is 0 Å². The van der Waals surface area contributed by atoms with Gasteiger partial charge in [-0.2, -0.15) is 0 Å². The zero-order chi connectivity index (χ0) is 14.6. The molecule has 0 aliphatic heterocycles. The lowest BCUT2D eigenvalue weighted by molar-refractivity contribution is -0.0720. The highest BCUT2D eigenvalue weighted by atomic mass is 16.3. The average Bonchev–Trinajstić information content (AvgIpc) is 2.84. The Morgan fingerprint density at radius 3 is 2.19 bits per heavy atom. The van der Waals surface area contributed by atoms with Crippen LogP contribution < -0.4 is 5.32 Å². The van der Waals surface area contributed by atoms with Gasteiger partial charge in [0.1, 0.15) is 6.26 Å². The molecular weight excluding hydrogens is 260 g/mol. The highest BCUT2D eigenvalue weighted by Crippen LogP contribution is 2.61. The SMILES string of the molecule is Cc1nc(C(C)NC(C)C23CC4CC(CC(C4)C2)C3)co1. The predicted molar refractivity (Wildman–Crippen MR) is 82.9 cm³/mol. The first kappa shape index (κ1) is 13.8. The maximum absolute atomic E-state index is 5.37. The van der Waals surface area contributed by atoms with E-state index in [0.717, 1.165) is 29.3 Å². The summed E-state index contributed by atoms with van der Waals surface area (Å²) in [7, 11) is 0. The van der Waals surface area contributed by atoms with Gasteiger partial charge in [0.15, 0.2) is 5.89 Å². The van der Waals surface area contributed by atoms with Gasteiger partial charge in [0, 0.05) is 13.0 Å². The fourth-order valence-electron chi connectivity index (χ4n) is 5.92. The molecule has 4 aliphatic rings. The standard InChI is InChI=1S/C18H28N2O/c1-11(17-10-21-13(3)20-17)19-12(2)18-7-14-4-15(8-18)6-16(5-14)9-18/h10-12,14-16,19H,4-9H2,1-3H3. The fourth-order valence-corrected chi connectivity index (χ4v) is 5.92. The van der Waals surface area contributed by atoms with E-state index in [1.54, 1.807) is 6.26 Å². The van der Waals surface area contributed by atoms with Crippen LogP contribution in [0.2, 0.25) is 0 Å². The molecule has 4 saturated carbocycles. The molecule has 1 aromatic heterocycles. The molecular formula is C18H28N2O. The van der Waals surface area contributed by atoms with Gasteiger partial charge in [-0.15, -0.1) is 0 Å². The van der Waals surface area contributed by atoms with E-state index in [1.165, 1.54) is 38.5 Å². The molecule has 1 aromatic rings. The summed E-state index contributed by atoms with van der Waals surface area (Å²) < 4.78 is 5.37. The van der Waals surface area contributed by atoms with Crippen molar-refractivity contribution >= 4 is 0 Å². The zero-order valence-electron chi connectivity index (χ0n) is 13.6. The molecule has 4 bridgehead atoms. The first-order valence-corrected chi connectivity index (χ1v) is 8.72. The van der Waals surface area contributed by atoms with Crippen molar-refractivity contribution < 1.29 is 4.42 Å². The van der Waals surface area contributed by atoms with Crippen LogP contribution in [0, 0.1) is 30.1 Å². The monoisotopic (exact) mass is 288 g/mol. The van der Waals surface area contributed by atoms with E-state index >= 15 is 0 Å². The number of aromatic nitrogens is 1. The Bertz CT molecular complexity index is 486. The van der Waals surface area contributed by atoms with E-state index < -0.39 is 0 Å². The van der Waals surface area contributed by atoms with Crippen molar-refractivity contribution in [3.05, 3.63) is 17.8 Å². The van der Waals surface area contributed by atoms with Crippen LogP contribution in [0.4, 0.5) is 0 Å². The van der Waals surface area contributed by atoms with E-state index in [4.69, 9.17) is 4.42 Å². The van der Waals surface area contributed by atoms with E-state index in [9.17, 15) is 0 Å². The predicted octanol–water partition coefficient (Wildman–Crippen LogP) is 4.24. The maximum atomic E-state index is 5.37. The first-order valence-electron chi connectivity index (χ1n) is 8.72. The van der Waals surface area contributed by atoms with Crippen LogP contribution in [-0.4, -0.2) is 11.0 Å². The summed E-state index contributed by atoms with van der Waals surface area (Å²) in [6.07, 6.45) is 10.7. The molecule has 2 atom stereocenters. The van der Waals surface area contributed by atoms with Gasteiger partial charge in [0.2, 0.25) is 0 Å². The molecule has 3 heteroatoms. The second-order valence-corrected chi connectivity index (χ2v) is 8.18. The summed E-state index contributed by atoms with van der Waals surface area (Å²) in [4.78, 5) is 4.48. The van der Waals surface area contributed by atoms with Gasteiger partial charge in [0.05, 0.1) is 11.7 Å². The molecule has 2 unspecified atom stereocenters. The van der Waals surface area contributed by atoms with E-state index in [2.05, 4.69) is 24.1 Å². The third kappa shape index (κ3) is 2.34. The molecule has 0 radical (unpaired) electrons. The Hall–Kier alpha value is -0.830. The second kappa shape index (κ2) is 4.84. The lowest BCUT2D eigenvalue weighted by Gasteiger charge is -2.59. The second-order valence-electron chi connectivity index (χ2n) is 8.18. The lowest BCUT2D eigenvalue weighted by atomic mass is 9.48. The van der Waals surface area contributed by atoms with Crippen LogP contribution in [0.1, 0.15) is 70.0 Å². The number of hydrogen-bond acceptors (Lipinski definition) is 3. The minimum Gasteiger partial charge on any atom is -0.449 e. The normalized spacial score (nSPS) is 40.4. The van der Waals surface area contributed by atoms with Crippen LogP contribution in [-0.2, 0) is 0 Å². The van der Waals surface area contributed by atoms with Crippen LogP contribution >= 0.6 is 0 Å². The topological polar surface area (TPSA) is 38.1 Å². The fraction of sp³-hybridized carbons (Fsp3) is 0.833. The summed E-state index contributed by atoms with van der Waals surface area (Å²) in [5.74, 6) is 3.82. The molecule has 3 nitrogen and oxygen atoms in total. The summed E-state index contributed by atoms with van der Waals surface area (Å²) in [5.41, 5.74) is 1.60. The Labute approximate surface area is 127 Å². The van der Waals surface area contributed by atoms with Crippen molar-refractivity contribution in [3.8, 4) is 0 Å². The van der Waals surface area contributed by atoms with E-state index in [1.807, 2.05) is 6.92 Å². The number of oxazole rings is 1. The Kier molecular flexibility index (Phi) is 3.18. The van der Waals surface area contributed by atoms with Crippen molar-refractivity contribution in [1.82, 2.24) is 10.3 Å². The van der Waals surface area contributed by atoms with Gasteiger partial charge in [0.25, 0.3) is 0 Å². The van der Waals surface area contributed by atoms with Crippen molar-refractivity contribution in [3.63, 3.8) is 0 Å². The summed E-state index contributed by atoms with van der Waals surface area (Å²) in [5, 5.41) is 3.84. The molecule has 21 heavy (non-hydrogen) atoms. The quantitative estimate of drug-likeness (QED) is 0.900. The molecule has 116 valence electrons. The largest absolute Gasteiger partial charge is 0.449 e. The maximum Gasteiger partial charge on any atom is 0.191 e. The molecule has 0 spiro atoms. The minimum atomic E-state index is 0.283. The number of rotatable bonds is 4. The summed E-state index contributed by atoms with van der Waals surface area (Å²) >= 11 is 0. The molecule has 0 aromatic carbocycles. The smallest absolute Gasteiger partial charge is 0.191 e. The lowest BCUT2D eigenvalue weighted by Crippen LogP contribution is -2.55. The Morgan fingerprint density at radius 1 is 1.14 bits per heavy atom. The van der Waals surface area contributed by atoms with E-state index in [0.29, 0.717) is 11.5 Å². The van der Waals surface area contributed by atoms with Crippen LogP contribution in [0.3, 0.4) is 0 Å². The molecule has 4 fully saturated rings. The van der Waals surface area contributed by atoms with Gasteiger partial charge < -0.3 is 9.73 Å². The van der Waals surface area contributed by atoms with Gasteiger partial charge >= 0.3 is 0 Å². The van der Waals surface area contributed by atoms with Crippen molar-refractivity contribution in [2.45, 2.75) is 71.4 Å². The molecule has 0 amide bonds. The Morgan fingerprint density at radius 2 is 1.71 bits per heavy atom. The van der Waals surface area contributed by atoms with Gasteiger partial charge in [-0.25, -0.2) is 4.98 Å². The number of nitrogens with one attached hydrogen (secondary N) is 1. The third-order valence-electron chi connectivity index (χ3n) is 6.58. The molecule has 1 N–H and O–H groups in total. The van der Waals surface area contributed by atoms with Crippen molar-refractivity contribution in [1.29, 1.82) is 0 Å². The zero-order valence-corrected chi connectivity index (χ0v) is 13.6. The van der Waals surface area contributed by atoms with E-state index in [-0.39, 0.29) is 6.04 Å². The summed E-state index contributed by atoms with van der Waals surface area (Å²) in [6.45, 7) is 6.55. The van der Waals surface area contributed by atoms with Crippen molar-refractivity contribution in [2.75, 3.05) is 0 Å². The number of hydrogen-bond donors (Lipinski definition) is 1. The number of aryl methyl sites for hydroxylation is 1. The molecule has 5 rings (SSSR count). The van der Waals surface area contributed by atoms with Gasteiger partial charge in [-0.05, 0) is 75.5 Å². The highest BCUT2D eigenvalue weighted by molar-refractivity contribution is 5.08. The molecule has 1 heterocycles. The van der Waals surface area contributed by atoms with Crippen LogP contribution in [0.5, 0.6) is 0 Å².